The Labute approximate surface area is 135 Å². The quantitative estimate of drug-likeness (QED) is 0.936. The molecule has 1 aliphatic heterocycles. The third-order valence-corrected chi connectivity index (χ3v) is 5.38. The van der Waals surface area contributed by atoms with Gasteiger partial charge in [0.15, 0.2) is 0 Å². The van der Waals surface area contributed by atoms with E-state index in [1.165, 1.54) is 17.3 Å². The molecule has 3 rings (SSSR count). The van der Waals surface area contributed by atoms with Crippen molar-refractivity contribution in [3.8, 4) is 0 Å². The Hall–Kier alpha value is -1.08. The highest BCUT2D eigenvalue weighted by atomic mass is 32.1. The van der Waals surface area contributed by atoms with Crippen molar-refractivity contribution in [3.05, 3.63) is 23.8 Å². The van der Waals surface area contributed by atoms with Gasteiger partial charge < -0.3 is 9.84 Å². The van der Waals surface area contributed by atoms with Gasteiger partial charge in [-0.25, -0.2) is 0 Å². The first kappa shape index (κ1) is 15.8. The molecule has 0 spiro atoms. The van der Waals surface area contributed by atoms with Crippen LogP contribution in [0.25, 0.3) is 11.0 Å². The van der Waals surface area contributed by atoms with Crippen molar-refractivity contribution in [2.75, 3.05) is 26.8 Å². The molecular weight excluding hydrogens is 298 g/mol. The van der Waals surface area contributed by atoms with E-state index in [1.807, 2.05) is 6.07 Å². The molecule has 1 aromatic carbocycles. The number of piperidine rings is 1. The summed E-state index contributed by atoms with van der Waals surface area (Å²) < 4.78 is 13.8. The average Bonchev–Trinajstić information content (AvgIpc) is 2.91. The van der Waals surface area contributed by atoms with Gasteiger partial charge in [-0.15, -0.1) is 0 Å². The summed E-state index contributed by atoms with van der Waals surface area (Å²) in [6, 6.07) is 6.26. The van der Waals surface area contributed by atoms with E-state index in [9.17, 15) is 5.11 Å². The zero-order valence-corrected chi connectivity index (χ0v) is 14.2. The Morgan fingerprint density at radius 1 is 1.32 bits per heavy atom. The van der Waals surface area contributed by atoms with Crippen LogP contribution in [0.4, 0.5) is 0 Å². The number of methoxy groups -OCH3 is 1. The van der Waals surface area contributed by atoms with Crippen molar-refractivity contribution in [1.82, 2.24) is 13.6 Å². The van der Waals surface area contributed by atoms with Crippen molar-refractivity contribution in [2.24, 2.45) is 5.41 Å². The predicted octanol–water partition coefficient (Wildman–Crippen LogP) is 2.30. The molecule has 22 heavy (non-hydrogen) atoms. The predicted molar refractivity (Wildman–Crippen MR) is 87.9 cm³/mol. The monoisotopic (exact) mass is 321 g/mol. The van der Waals surface area contributed by atoms with E-state index in [2.05, 4.69) is 39.6 Å². The van der Waals surface area contributed by atoms with Crippen LogP contribution in [0.5, 0.6) is 0 Å². The van der Waals surface area contributed by atoms with Gasteiger partial charge in [0.2, 0.25) is 0 Å². The van der Waals surface area contributed by atoms with Crippen LogP contribution in [0.2, 0.25) is 0 Å². The molecule has 1 aliphatic rings. The number of fused-ring (bicyclic) bond motifs is 1. The maximum Gasteiger partial charge on any atom is 0.105 e. The van der Waals surface area contributed by atoms with Crippen molar-refractivity contribution in [3.63, 3.8) is 0 Å². The van der Waals surface area contributed by atoms with Crippen molar-refractivity contribution < 1.29 is 9.84 Å². The third-order valence-electron chi connectivity index (χ3n) is 4.83. The number of hydrogen-bond acceptors (Lipinski definition) is 6. The molecule has 0 unspecified atom stereocenters. The highest BCUT2D eigenvalue weighted by molar-refractivity contribution is 7.00. The van der Waals surface area contributed by atoms with E-state index in [-0.39, 0.29) is 5.41 Å². The summed E-state index contributed by atoms with van der Waals surface area (Å²) in [4.78, 5) is 2.39. The summed E-state index contributed by atoms with van der Waals surface area (Å²) in [7, 11) is 1.65. The fourth-order valence-electron chi connectivity index (χ4n) is 3.29. The SMILES string of the molecule is COC[C@]1(O)CCN(Cc2ccc3nsnc3c2)CC1(C)C. The van der Waals surface area contributed by atoms with E-state index >= 15 is 0 Å². The van der Waals surface area contributed by atoms with Crippen LogP contribution >= 0.6 is 11.7 Å². The molecule has 0 aliphatic carbocycles. The summed E-state index contributed by atoms with van der Waals surface area (Å²) in [6.45, 7) is 7.22. The van der Waals surface area contributed by atoms with Gasteiger partial charge in [-0.2, -0.15) is 8.75 Å². The van der Waals surface area contributed by atoms with E-state index in [0.29, 0.717) is 6.61 Å². The van der Waals surface area contributed by atoms with Gasteiger partial charge in [-0.3, -0.25) is 4.90 Å². The molecule has 1 aromatic heterocycles. The summed E-state index contributed by atoms with van der Waals surface area (Å²) in [6.07, 6.45) is 0.730. The second kappa shape index (κ2) is 5.85. The highest BCUT2D eigenvalue weighted by Crippen LogP contribution is 2.39. The van der Waals surface area contributed by atoms with Crippen LogP contribution in [0.15, 0.2) is 18.2 Å². The summed E-state index contributed by atoms with van der Waals surface area (Å²) in [5.74, 6) is 0. The summed E-state index contributed by atoms with van der Waals surface area (Å²) in [5.41, 5.74) is 2.22. The van der Waals surface area contributed by atoms with Crippen LogP contribution in [-0.2, 0) is 11.3 Å². The number of aromatic nitrogens is 2. The Bertz CT molecular complexity index is 658. The van der Waals surface area contributed by atoms with E-state index < -0.39 is 5.60 Å². The van der Waals surface area contributed by atoms with E-state index in [0.717, 1.165) is 37.1 Å². The number of benzene rings is 1. The molecule has 0 amide bonds. The molecule has 2 heterocycles. The van der Waals surface area contributed by atoms with Gasteiger partial charge in [0, 0.05) is 32.2 Å². The fraction of sp³-hybridized carbons (Fsp3) is 0.625. The number of likely N-dealkylation sites (tertiary alicyclic amines) is 1. The summed E-state index contributed by atoms with van der Waals surface area (Å²) in [5, 5.41) is 10.8. The minimum absolute atomic E-state index is 0.201. The molecular formula is C16H23N3O2S. The Kier molecular flexibility index (Phi) is 4.20. The van der Waals surface area contributed by atoms with Gasteiger partial charge in [0.05, 0.1) is 23.9 Å². The minimum Gasteiger partial charge on any atom is -0.387 e. The molecule has 1 saturated heterocycles. The summed E-state index contributed by atoms with van der Waals surface area (Å²) >= 11 is 1.25. The Morgan fingerprint density at radius 3 is 2.82 bits per heavy atom. The topological polar surface area (TPSA) is 58.5 Å². The van der Waals surface area contributed by atoms with E-state index in [1.54, 1.807) is 7.11 Å². The van der Waals surface area contributed by atoms with E-state index in [4.69, 9.17) is 4.74 Å². The molecule has 0 radical (unpaired) electrons. The van der Waals surface area contributed by atoms with Crippen molar-refractivity contribution in [1.29, 1.82) is 0 Å². The molecule has 120 valence electrons. The van der Waals surface area contributed by atoms with Gasteiger partial charge in [-0.05, 0) is 24.1 Å². The molecule has 0 bridgehead atoms. The molecule has 6 heteroatoms. The molecule has 0 saturated carbocycles. The lowest BCUT2D eigenvalue weighted by Gasteiger charge is -2.50. The lowest BCUT2D eigenvalue weighted by molar-refractivity contribution is -0.151. The molecule has 1 N–H and O–H groups in total. The minimum atomic E-state index is -0.749. The third kappa shape index (κ3) is 2.88. The van der Waals surface area contributed by atoms with Crippen molar-refractivity contribution in [2.45, 2.75) is 32.4 Å². The zero-order chi connectivity index (χ0) is 15.8. The highest BCUT2D eigenvalue weighted by Gasteiger charge is 2.47. The van der Waals surface area contributed by atoms with Gasteiger partial charge >= 0.3 is 0 Å². The molecule has 2 aromatic rings. The maximum absolute atomic E-state index is 10.8. The maximum atomic E-state index is 10.8. The second-order valence-electron chi connectivity index (χ2n) is 6.90. The Morgan fingerprint density at radius 2 is 2.09 bits per heavy atom. The first-order valence-electron chi connectivity index (χ1n) is 7.58. The number of nitrogens with zero attached hydrogens (tertiary/aromatic N) is 3. The lowest BCUT2D eigenvalue weighted by atomic mass is 9.70. The second-order valence-corrected chi connectivity index (χ2v) is 7.42. The smallest absolute Gasteiger partial charge is 0.105 e. The first-order valence-corrected chi connectivity index (χ1v) is 8.31. The van der Waals surface area contributed by atoms with Crippen LogP contribution in [-0.4, -0.2) is 51.2 Å². The standard InChI is InChI=1S/C16H23N3O2S/c1-15(2)10-19(7-6-16(15,20)11-21-3)9-12-4-5-13-14(8-12)18-22-17-13/h4-5,8,20H,6-7,9-11H2,1-3H3/t16-/m1/s1. The number of rotatable bonds is 4. The number of hydrogen-bond donors (Lipinski definition) is 1. The van der Waals surface area contributed by atoms with Crippen LogP contribution in [0.3, 0.4) is 0 Å². The zero-order valence-electron chi connectivity index (χ0n) is 13.4. The number of aliphatic hydroxyl groups is 1. The van der Waals surface area contributed by atoms with Crippen LogP contribution < -0.4 is 0 Å². The van der Waals surface area contributed by atoms with Gasteiger partial charge in [0.1, 0.15) is 11.0 Å². The normalized spacial score (nSPS) is 25.6. The van der Waals surface area contributed by atoms with Crippen LogP contribution in [0, 0.1) is 5.41 Å². The fourth-order valence-corrected chi connectivity index (χ4v) is 3.81. The van der Waals surface area contributed by atoms with Crippen molar-refractivity contribution >= 4 is 22.8 Å². The first-order chi connectivity index (χ1) is 10.4. The van der Waals surface area contributed by atoms with Crippen LogP contribution in [0.1, 0.15) is 25.8 Å². The van der Waals surface area contributed by atoms with Gasteiger partial charge in [0.25, 0.3) is 0 Å². The largest absolute Gasteiger partial charge is 0.387 e. The molecule has 5 nitrogen and oxygen atoms in total. The van der Waals surface area contributed by atoms with Gasteiger partial charge in [-0.1, -0.05) is 19.9 Å². The Balaban J connectivity index is 1.72. The average molecular weight is 321 g/mol. The molecule has 1 fully saturated rings. The number of ether oxygens (including phenoxy) is 1. The molecule has 1 atom stereocenters. The lowest BCUT2D eigenvalue weighted by Crippen LogP contribution is -2.59.